The van der Waals surface area contributed by atoms with E-state index in [4.69, 9.17) is 27.6 Å². The summed E-state index contributed by atoms with van der Waals surface area (Å²) < 4.78 is 18.9. The molecule has 3 aromatic carbocycles. The van der Waals surface area contributed by atoms with Crippen LogP contribution in [0.1, 0.15) is 21.7 Å². The molecule has 0 spiro atoms. The van der Waals surface area contributed by atoms with Crippen molar-refractivity contribution in [3.05, 3.63) is 99.7 Å². The topological polar surface area (TPSA) is 47.3 Å². The molecule has 0 aliphatic heterocycles. The maximum Gasteiger partial charge on any atom is 0.228 e. The lowest BCUT2D eigenvalue weighted by molar-refractivity contribution is 0.101. The Morgan fingerprint density at radius 1 is 0.893 bits per heavy atom. The number of carbonyl (C=O) groups is 1. The molecular weight excluding hydrogens is 415 g/mol. The van der Waals surface area contributed by atoms with Gasteiger partial charge in [0.05, 0.1) is 26.6 Å². The van der Waals surface area contributed by atoms with E-state index in [0.29, 0.717) is 31.7 Å². The second-order valence-corrected chi connectivity index (χ2v) is 8.43. The molecule has 0 saturated carbocycles. The summed E-state index contributed by atoms with van der Waals surface area (Å²) in [4.78, 5) is 13.6. The maximum absolute atomic E-state index is 13.0. The minimum atomic E-state index is -1.43. The van der Waals surface area contributed by atoms with Crippen LogP contribution in [0.5, 0.6) is 0 Å². The van der Waals surface area contributed by atoms with Gasteiger partial charge in [0.2, 0.25) is 5.78 Å². The molecule has 0 radical (unpaired) electrons. The van der Waals surface area contributed by atoms with Gasteiger partial charge in [-0.3, -0.25) is 9.00 Å². The van der Waals surface area contributed by atoms with Crippen LogP contribution in [0.2, 0.25) is 10.0 Å². The fourth-order valence-electron chi connectivity index (χ4n) is 2.98. The zero-order valence-corrected chi connectivity index (χ0v) is 16.9. The van der Waals surface area contributed by atoms with Crippen LogP contribution in [0.15, 0.2) is 82.1 Å². The number of hydrogen-bond donors (Lipinski definition) is 0. The molecule has 0 aliphatic rings. The third-order valence-electron chi connectivity index (χ3n) is 4.37. The van der Waals surface area contributed by atoms with Gasteiger partial charge in [0.1, 0.15) is 5.58 Å². The molecule has 1 aromatic heterocycles. The Morgan fingerprint density at radius 3 is 2.36 bits per heavy atom. The smallest absolute Gasteiger partial charge is 0.228 e. The fraction of sp³-hybridized carbons (Fsp3) is 0.0455. The average molecular weight is 429 g/mol. The van der Waals surface area contributed by atoms with Crippen LogP contribution in [0.3, 0.4) is 0 Å². The zero-order chi connectivity index (χ0) is 19.7. The van der Waals surface area contributed by atoms with Crippen molar-refractivity contribution in [2.45, 2.75) is 10.6 Å². The van der Waals surface area contributed by atoms with Crippen molar-refractivity contribution >= 4 is 50.8 Å². The third-order valence-corrected chi connectivity index (χ3v) is 6.44. The standard InChI is InChI=1S/C22H14Cl2O3S/c23-18-11-10-15(12-19(18)24)28(26)13-17-16-8-4-5-9-20(16)27-22(17)21(25)14-6-2-1-3-7-14/h1-12H,13H2/t28-/m0/s1. The van der Waals surface area contributed by atoms with Gasteiger partial charge in [-0.05, 0) is 24.3 Å². The molecule has 3 nitrogen and oxygen atoms in total. The van der Waals surface area contributed by atoms with Gasteiger partial charge in [0.15, 0.2) is 5.76 Å². The van der Waals surface area contributed by atoms with E-state index in [1.165, 1.54) is 0 Å². The van der Waals surface area contributed by atoms with Gasteiger partial charge < -0.3 is 4.42 Å². The normalized spacial score (nSPS) is 12.2. The van der Waals surface area contributed by atoms with Crippen LogP contribution in [-0.2, 0) is 16.6 Å². The summed E-state index contributed by atoms with van der Waals surface area (Å²) in [7, 11) is -1.43. The van der Waals surface area contributed by atoms with E-state index in [2.05, 4.69) is 0 Å². The van der Waals surface area contributed by atoms with E-state index < -0.39 is 10.8 Å². The van der Waals surface area contributed by atoms with Crippen molar-refractivity contribution in [3.63, 3.8) is 0 Å². The van der Waals surface area contributed by atoms with Gasteiger partial charge in [-0.15, -0.1) is 0 Å². The van der Waals surface area contributed by atoms with E-state index in [1.807, 2.05) is 24.3 Å². The molecule has 4 aromatic rings. The highest BCUT2D eigenvalue weighted by Gasteiger charge is 2.23. The predicted molar refractivity (Wildman–Crippen MR) is 113 cm³/mol. The molecule has 6 heteroatoms. The van der Waals surface area contributed by atoms with Crippen LogP contribution >= 0.6 is 23.2 Å². The Hall–Kier alpha value is -2.40. The van der Waals surface area contributed by atoms with Crippen molar-refractivity contribution < 1.29 is 13.4 Å². The summed E-state index contributed by atoms with van der Waals surface area (Å²) in [6, 6.07) is 21.1. The van der Waals surface area contributed by atoms with Crippen LogP contribution in [0, 0.1) is 0 Å². The number of ketones is 1. The minimum Gasteiger partial charge on any atom is -0.452 e. The monoisotopic (exact) mass is 428 g/mol. The van der Waals surface area contributed by atoms with Crippen molar-refractivity contribution in [1.82, 2.24) is 0 Å². The molecule has 1 atom stereocenters. The first-order valence-electron chi connectivity index (χ1n) is 8.48. The van der Waals surface area contributed by atoms with Gasteiger partial charge in [-0.25, -0.2) is 0 Å². The molecule has 0 bridgehead atoms. The van der Waals surface area contributed by atoms with Crippen LogP contribution in [0.4, 0.5) is 0 Å². The first-order valence-corrected chi connectivity index (χ1v) is 10.6. The summed E-state index contributed by atoms with van der Waals surface area (Å²) in [5.74, 6) is 0.0989. The summed E-state index contributed by atoms with van der Waals surface area (Å²) in [5, 5.41) is 1.51. The lowest BCUT2D eigenvalue weighted by Gasteiger charge is -2.05. The highest BCUT2D eigenvalue weighted by Crippen LogP contribution is 2.31. The second kappa shape index (κ2) is 7.92. The number of fused-ring (bicyclic) bond motifs is 1. The molecular formula is C22H14Cl2O3S. The second-order valence-electron chi connectivity index (χ2n) is 6.17. The molecule has 0 aliphatic carbocycles. The molecule has 0 fully saturated rings. The van der Waals surface area contributed by atoms with Crippen molar-refractivity contribution in [3.8, 4) is 0 Å². The van der Waals surface area contributed by atoms with Gasteiger partial charge in [0.25, 0.3) is 0 Å². The SMILES string of the molecule is O=C(c1ccccc1)c1oc2ccccc2c1C[S@](=O)c1ccc(Cl)c(Cl)c1. The van der Waals surface area contributed by atoms with Crippen LogP contribution in [-0.4, -0.2) is 9.99 Å². The zero-order valence-electron chi connectivity index (χ0n) is 14.5. The highest BCUT2D eigenvalue weighted by molar-refractivity contribution is 7.84. The van der Waals surface area contributed by atoms with E-state index in [1.54, 1.807) is 48.5 Å². The van der Waals surface area contributed by atoms with Crippen LogP contribution in [0.25, 0.3) is 11.0 Å². The molecule has 0 N–H and O–H groups in total. The van der Waals surface area contributed by atoms with Gasteiger partial charge in [-0.1, -0.05) is 71.7 Å². The number of para-hydroxylation sites is 1. The molecule has 28 heavy (non-hydrogen) atoms. The van der Waals surface area contributed by atoms with E-state index >= 15 is 0 Å². The van der Waals surface area contributed by atoms with Crippen molar-refractivity contribution in [2.75, 3.05) is 0 Å². The average Bonchev–Trinajstić information content (AvgIpc) is 3.08. The lowest BCUT2D eigenvalue weighted by atomic mass is 10.0. The van der Waals surface area contributed by atoms with E-state index in [-0.39, 0.29) is 17.3 Å². The first kappa shape index (κ1) is 18.9. The number of halogens is 2. The number of furan rings is 1. The minimum absolute atomic E-state index is 0.128. The predicted octanol–water partition coefficient (Wildman–Crippen LogP) is 6.28. The maximum atomic E-state index is 13.0. The summed E-state index contributed by atoms with van der Waals surface area (Å²) >= 11 is 12.0. The summed E-state index contributed by atoms with van der Waals surface area (Å²) in [6.07, 6.45) is 0. The van der Waals surface area contributed by atoms with E-state index in [0.717, 1.165) is 5.39 Å². The molecule has 4 rings (SSSR count). The molecule has 1 heterocycles. The Kier molecular flexibility index (Phi) is 5.36. The quantitative estimate of drug-likeness (QED) is 0.351. The Morgan fingerprint density at radius 2 is 1.61 bits per heavy atom. The molecule has 0 saturated heterocycles. The Labute approximate surface area is 174 Å². The number of rotatable bonds is 5. The lowest BCUT2D eigenvalue weighted by Crippen LogP contribution is -2.05. The molecule has 0 unspecified atom stereocenters. The summed E-state index contributed by atoms with van der Waals surface area (Å²) in [5.41, 5.74) is 1.72. The number of carbonyl (C=O) groups excluding carboxylic acids is 1. The highest BCUT2D eigenvalue weighted by atomic mass is 35.5. The van der Waals surface area contributed by atoms with E-state index in [9.17, 15) is 9.00 Å². The molecule has 140 valence electrons. The Bertz CT molecular complexity index is 1200. The third kappa shape index (κ3) is 3.63. The van der Waals surface area contributed by atoms with Gasteiger partial charge >= 0.3 is 0 Å². The van der Waals surface area contributed by atoms with Crippen LogP contribution < -0.4 is 0 Å². The first-order chi connectivity index (χ1) is 13.5. The summed E-state index contributed by atoms with van der Waals surface area (Å²) in [6.45, 7) is 0. The number of hydrogen-bond acceptors (Lipinski definition) is 3. The van der Waals surface area contributed by atoms with Crippen molar-refractivity contribution in [1.29, 1.82) is 0 Å². The fourth-order valence-corrected chi connectivity index (χ4v) is 4.53. The molecule has 0 amide bonds. The largest absolute Gasteiger partial charge is 0.452 e. The Balaban J connectivity index is 1.78. The van der Waals surface area contributed by atoms with Crippen molar-refractivity contribution in [2.24, 2.45) is 0 Å². The van der Waals surface area contributed by atoms with Gasteiger partial charge in [0, 0.05) is 21.4 Å². The number of benzene rings is 3. The van der Waals surface area contributed by atoms with Gasteiger partial charge in [-0.2, -0.15) is 0 Å².